The predicted molar refractivity (Wildman–Crippen MR) is 41.9 cm³/mol. The van der Waals surface area contributed by atoms with Crippen LogP contribution >= 0.6 is 0 Å². The molecular weight excluding hydrogens is 144 g/mol. The summed E-state index contributed by atoms with van der Waals surface area (Å²) in [6, 6.07) is 0. The average Bonchev–Trinajstić information content (AvgIpc) is 2.03. The summed E-state index contributed by atoms with van der Waals surface area (Å²) in [5.41, 5.74) is 0. The maximum atomic E-state index is 10.6. The topological polar surface area (TPSA) is 35.5 Å². The molecule has 0 heterocycles. The Bertz CT molecular complexity index is 151. The second kappa shape index (κ2) is 5.68. The highest BCUT2D eigenvalue weighted by Gasteiger charge is 2.05. The van der Waals surface area contributed by atoms with Gasteiger partial charge in [0.05, 0.1) is 0 Å². The molecule has 11 heavy (non-hydrogen) atoms. The molecule has 0 aliphatic carbocycles. The highest BCUT2D eigenvalue weighted by atomic mass is 16.7. The third-order valence-electron chi connectivity index (χ3n) is 0.922. The third-order valence-corrected chi connectivity index (χ3v) is 0.922. The zero-order chi connectivity index (χ0) is 8.69. The van der Waals surface area contributed by atoms with Crippen LogP contribution in [0.15, 0.2) is 25.3 Å². The molecule has 0 bridgehead atoms. The van der Waals surface area contributed by atoms with Crippen LogP contribution in [0.4, 0.5) is 0 Å². The summed E-state index contributed by atoms with van der Waals surface area (Å²) < 4.78 is 9.65. The van der Waals surface area contributed by atoms with Crippen molar-refractivity contribution in [2.45, 2.75) is 13.2 Å². The summed E-state index contributed by atoms with van der Waals surface area (Å²) in [5, 5.41) is 0. The van der Waals surface area contributed by atoms with E-state index in [0.29, 0.717) is 6.61 Å². The molecule has 0 fully saturated rings. The monoisotopic (exact) mass is 156 g/mol. The van der Waals surface area contributed by atoms with Gasteiger partial charge in [-0.15, -0.1) is 0 Å². The first-order valence-electron chi connectivity index (χ1n) is 3.31. The number of esters is 1. The zero-order valence-electron chi connectivity index (χ0n) is 6.58. The van der Waals surface area contributed by atoms with Crippen LogP contribution in [-0.4, -0.2) is 18.9 Å². The Morgan fingerprint density at radius 3 is 2.64 bits per heavy atom. The number of hydrogen-bond donors (Lipinski definition) is 0. The molecule has 0 amide bonds. The van der Waals surface area contributed by atoms with Crippen LogP contribution < -0.4 is 0 Å². The smallest absolute Gasteiger partial charge is 0.332 e. The Morgan fingerprint density at radius 1 is 1.64 bits per heavy atom. The number of rotatable bonds is 5. The van der Waals surface area contributed by atoms with E-state index in [2.05, 4.69) is 13.2 Å². The van der Waals surface area contributed by atoms with Crippen molar-refractivity contribution in [3.63, 3.8) is 0 Å². The summed E-state index contributed by atoms with van der Waals surface area (Å²) in [7, 11) is 0. The lowest BCUT2D eigenvalue weighted by atomic mass is 10.6. The van der Waals surface area contributed by atoms with Crippen LogP contribution in [0.25, 0.3) is 0 Å². The van der Waals surface area contributed by atoms with Gasteiger partial charge in [-0.1, -0.05) is 13.2 Å². The minimum absolute atomic E-state index is 0.473. The summed E-state index contributed by atoms with van der Waals surface area (Å²) in [4.78, 5) is 10.6. The Labute approximate surface area is 66.3 Å². The molecule has 3 heteroatoms. The van der Waals surface area contributed by atoms with E-state index in [0.717, 1.165) is 6.08 Å². The van der Waals surface area contributed by atoms with Gasteiger partial charge in [0, 0.05) is 12.7 Å². The quantitative estimate of drug-likeness (QED) is 0.260. The lowest BCUT2D eigenvalue weighted by molar-refractivity contribution is -0.161. The molecular formula is C8H12O3. The van der Waals surface area contributed by atoms with Gasteiger partial charge >= 0.3 is 5.97 Å². The van der Waals surface area contributed by atoms with Crippen molar-refractivity contribution in [3.05, 3.63) is 25.3 Å². The van der Waals surface area contributed by atoms with Gasteiger partial charge in [0.1, 0.15) is 0 Å². The third kappa shape index (κ3) is 4.33. The number of hydrogen-bond acceptors (Lipinski definition) is 3. The van der Waals surface area contributed by atoms with E-state index in [1.807, 2.05) is 0 Å². The number of carbonyl (C=O) groups is 1. The second-order valence-electron chi connectivity index (χ2n) is 1.70. The fourth-order valence-electron chi connectivity index (χ4n) is 0.477. The number of carbonyl (C=O) groups excluding carboxylic acids is 1. The normalized spacial score (nSPS) is 11.7. The standard InChI is InChI=1S/C8H12O3/c1-4-7(9)11-8(5-2)10-6-3/h4-5,8H,1-2,6H2,3H3. The molecule has 3 nitrogen and oxygen atoms in total. The Kier molecular flexibility index (Phi) is 5.11. The van der Waals surface area contributed by atoms with Crippen LogP contribution in [0, 0.1) is 0 Å². The van der Waals surface area contributed by atoms with Crippen LogP contribution in [0.2, 0.25) is 0 Å². The summed E-state index contributed by atoms with van der Waals surface area (Å²) in [6.07, 6.45) is 1.82. The van der Waals surface area contributed by atoms with E-state index in [4.69, 9.17) is 9.47 Å². The molecule has 0 rings (SSSR count). The van der Waals surface area contributed by atoms with Gasteiger partial charge < -0.3 is 9.47 Å². The van der Waals surface area contributed by atoms with E-state index in [-0.39, 0.29) is 0 Å². The summed E-state index contributed by atoms with van der Waals surface area (Å²) >= 11 is 0. The summed E-state index contributed by atoms with van der Waals surface area (Å²) in [6.45, 7) is 8.95. The van der Waals surface area contributed by atoms with Crippen LogP contribution in [0.3, 0.4) is 0 Å². The average molecular weight is 156 g/mol. The molecule has 0 aromatic heterocycles. The van der Waals surface area contributed by atoms with Crippen molar-refractivity contribution in [2.24, 2.45) is 0 Å². The SMILES string of the molecule is C=CC(=O)OC(C=C)OCC. The Balaban J connectivity index is 3.76. The van der Waals surface area contributed by atoms with Gasteiger partial charge in [0.15, 0.2) is 0 Å². The predicted octanol–water partition coefficient (Wildman–Crippen LogP) is 1.26. The fourth-order valence-corrected chi connectivity index (χ4v) is 0.477. The maximum Gasteiger partial charge on any atom is 0.332 e. The van der Waals surface area contributed by atoms with E-state index < -0.39 is 12.3 Å². The lowest BCUT2D eigenvalue weighted by Crippen LogP contribution is -2.17. The van der Waals surface area contributed by atoms with Crippen molar-refractivity contribution in [1.29, 1.82) is 0 Å². The molecule has 1 atom stereocenters. The molecule has 0 spiro atoms. The first kappa shape index (κ1) is 9.91. The molecule has 0 N–H and O–H groups in total. The van der Waals surface area contributed by atoms with E-state index in [9.17, 15) is 4.79 Å². The van der Waals surface area contributed by atoms with Gasteiger partial charge in [0.2, 0.25) is 6.29 Å². The van der Waals surface area contributed by atoms with Crippen molar-refractivity contribution in [3.8, 4) is 0 Å². The second-order valence-corrected chi connectivity index (χ2v) is 1.70. The molecule has 0 radical (unpaired) electrons. The van der Waals surface area contributed by atoms with Gasteiger partial charge in [0.25, 0.3) is 0 Å². The van der Waals surface area contributed by atoms with Crippen molar-refractivity contribution < 1.29 is 14.3 Å². The first-order valence-corrected chi connectivity index (χ1v) is 3.31. The van der Waals surface area contributed by atoms with E-state index >= 15 is 0 Å². The van der Waals surface area contributed by atoms with Crippen LogP contribution in [-0.2, 0) is 14.3 Å². The Hall–Kier alpha value is -1.09. The van der Waals surface area contributed by atoms with Gasteiger partial charge in [-0.25, -0.2) is 4.79 Å². The van der Waals surface area contributed by atoms with Crippen LogP contribution in [0.1, 0.15) is 6.92 Å². The van der Waals surface area contributed by atoms with Gasteiger partial charge in [-0.2, -0.15) is 0 Å². The van der Waals surface area contributed by atoms with Crippen molar-refractivity contribution in [2.75, 3.05) is 6.61 Å². The lowest BCUT2D eigenvalue weighted by Gasteiger charge is -2.11. The first-order chi connectivity index (χ1) is 5.24. The molecule has 0 aromatic carbocycles. The molecule has 1 unspecified atom stereocenters. The molecule has 0 saturated heterocycles. The van der Waals surface area contributed by atoms with E-state index in [1.54, 1.807) is 6.92 Å². The van der Waals surface area contributed by atoms with Gasteiger partial charge in [-0.05, 0) is 13.0 Å². The fraction of sp³-hybridized carbons (Fsp3) is 0.375. The largest absolute Gasteiger partial charge is 0.429 e. The highest BCUT2D eigenvalue weighted by Crippen LogP contribution is 1.96. The molecule has 0 aromatic rings. The molecule has 62 valence electrons. The van der Waals surface area contributed by atoms with Gasteiger partial charge in [-0.3, -0.25) is 0 Å². The Morgan fingerprint density at radius 2 is 2.27 bits per heavy atom. The zero-order valence-corrected chi connectivity index (χ0v) is 6.58. The minimum Gasteiger partial charge on any atom is -0.429 e. The van der Waals surface area contributed by atoms with Crippen molar-refractivity contribution in [1.82, 2.24) is 0 Å². The minimum atomic E-state index is -0.662. The molecule has 0 aliphatic heterocycles. The molecule has 0 aliphatic rings. The van der Waals surface area contributed by atoms with Crippen LogP contribution in [0.5, 0.6) is 0 Å². The summed E-state index contributed by atoms with van der Waals surface area (Å²) in [5.74, 6) is -0.511. The number of ether oxygens (including phenoxy) is 2. The maximum absolute atomic E-state index is 10.6. The highest BCUT2D eigenvalue weighted by molar-refractivity contribution is 5.81. The van der Waals surface area contributed by atoms with E-state index in [1.165, 1.54) is 6.08 Å². The van der Waals surface area contributed by atoms with Crippen molar-refractivity contribution >= 4 is 5.97 Å². The molecule has 0 saturated carbocycles.